The maximum absolute atomic E-state index is 5.76. The summed E-state index contributed by atoms with van der Waals surface area (Å²) in [4.78, 5) is 6.70. The summed E-state index contributed by atoms with van der Waals surface area (Å²) in [5.74, 6) is 0. The molecule has 4 nitrogen and oxygen atoms in total. The summed E-state index contributed by atoms with van der Waals surface area (Å²) >= 11 is 0. The molecule has 2 aromatic rings. The molecule has 2 N–H and O–H groups in total. The van der Waals surface area contributed by atoms with Gasteiger partial charge in [0.2, 0.25) is 0 Å². The smallest absolute Gasteiger partial charge is 0.298 e. The minimum atomic E-state index is 0.347. The number of hydrogen-bond donors (Lipinski definition) is 1. The Labute approximate surface area is 100 Å². The standard InChI is InChI=1S/C13H17N3O/c1-13(2)5-6-16(8-13)12-15-10-7-9(14)3-4-11(10)17-12/h3-4,7H,5-6,8,14H2,1-2H3. The van der Waals surface area contributed by atoms with E-state index < -0.39 is 0 Å². The lowest BCUT2D eigenvalue weighted by molar-refractivity contribution is 0.415. The van der Waals surface area contributed by atoms with Crippen molar-refractivity contribution in [3.63, 3.8) is 0 Å². The summed E-state index contributed by atoms with van der Waals surface area (Å²) in [7, 11) is 0. The van der Waals surface area contributed by atoms with Crippen molar-refractivity contribution in [1.82, 2.24) is 4.98 Å². The maximum Gasteiger partial charge on any atom is 0.298 e. The van der Waals surface area contributed by atoms with Gasteiger partial charge in [-0.25, -0.2) is 0 Å². The van der Waals surface area contributed by atoms with Crippen molar-refractivity contribution >= 4 is 22.8 Å². The summed E-state index contributed by atoms with van der Waals surface area (Å²) < 4.78 is 5.76. The quantitative estimate of drug-likeness (QED) is 0.766. The van der Waals surface area contributed by atoms with E-state index >= 15 is 0 Å². The Balaban J connectivity index is 1.96. The van der Waals surface area contributed by atoms with Gasteiger partial charge < -0.3 is 15.1 Å². The van der Waals surface area contributed by atoms with Crippen LogP contribution in [0.3, 0.4) is 0 Å². The predicted octanol–water partition coefficient (Wildman–Crippen LogP) is 2.65. The van der Waals surface area contributed by atoms with E-state index in [1.54, 1.807) is 0 Å². The molecule has 1 aromatic carbocycles. The van der Waals surface area contributed by atoms with E-state index in [9.17, 15) is 0 Å². The van der Waals surface area contributed by atoms with Gasteiger partial charge in [0.1, 0.15) is 5.52 Å². The topological polar surface area (TPSA) is 55.3 Å². The lowest BCUT2D eigenvalue weighted by Crippen LogP contribution is -2.22. The maximum atomic E-state index is 5.76. The number of nitrogen functional groups attached to an aromatic ring is 1. The predicted molar refractivity (Wildman–Crippen MR) is 69.0 cm³/mol. The van der Waals surface area contributed by atoms with Crippen LogP contribution in [-0.2, 0) is 0 Å². The molecule has 4 heteroatoms. The van der Waals surface area contributed by atoms with Crippen molar-refractivity contribution in [3.8, 4) is 0 Å². The Morgan fingerprint density at radius 3 is 2.94 bits per heavy atom. The van der Waals surface area contributed by atoms with Gasteiger partial charge in [0.05, 0.1) is 0 Å². The van der Waals surface area contributed by atoms with Crippen LogP contribution in [0.2, 0.25) is 0 Å². The lowest BCUT2D eigenvalue weighted by atomic mass is 9.93. The molecule has 1 aliphatic rings. The number of benzene rings is 1. The van der Waals surface area contributed by atoms with Crippen LogP contribution < -0.4 is 10.6 Å². The Hall–Kier alpha value is -1.71. The average molecular weight is 231 g/mol. The number of nitrogens with two attached hydrogens (primary N) is 1. The van der Waals surface area contributed by atoms with Crippen molar-refractivity contribution < 1.29 is 4.42 Å². The first-order valence-electron chi connectivity index (χ1n) is 5.95. The van der Waals surface area contributed by atoms with Crippen molar-refractivity contribution in [2.75, 3.05) is 23.7 Å². The molecule has 0 atom stereocenters. The van der Waals surface area contributed by atoms with Crippen LogP contribution in [0.1, 0.15) is 20.3 Å². The van der Waals surface area contributed by atoms with Gasteiger partial charge in [-0.05, 0) is 30.0 Å². The molecule has 3 rings (SSSR count). The Kier molecular flexibility index (Phi) is 2.08. The molecule has 1 aliphatic heterocycles. The molecule has 0 radical (unpaired) electrons. The van der Waals surface area contributed by atoms with Crippen LogP contribution in [0.5, 0.6) is 0 Å². The summed E-state index contributed by atoms with van der Waals surface area (Å²) in [6, 6.07) is 6.29. The second kappa shape index (κ2) is 3.39. The molecule has 2 heterocycles. The molecule has 0 saturated carbocycles. The first-order valence-corrected chi connectivity index (χ1v) is 5.95. The highest BCUT2D eigenvalue weighted by molar-refractivity contribution is 5.78. The highest BCUT2D eigenvalue weighted by atomic mass is 16.4. The van der Waals surface area contributed by atoms with E-state index in [1.165, 1.54) is 6.42 Å². The summed E-state index contributed by atoms with van der Waals surface area (Å²) in [5, 5.41) is 0. The number of fused-ring (bicyclic) bond motifs is 1. The largest absolute Gasteiger partial charge is 0.423 e. The van der Waals surface area contributed by atoms with Gasteiger partial charge in [0.15, 0.2) is 5.58 Å². The van der Waals surface area contributed by atoms with Gasteiger partial charge in [-0.1, -0.05) is 13.8 Å². The lowest BCUT2D eigenvalue weighted by Gasteiger charge is -2.17. The molecular formula is C13H17N3O. The second-order valence-corrected chi connectivity index (χ2v) is 5.56. The van der Waals surface area contributed by atoms with Crippen molar-refractivity contribution in [2.24, 2.45) is 5.41 Å². The third kappa shape index (κ3) is 1.84. The van der Waals surface area contributed by atoms with E-state index in [2.05, 4.69) is 23.7 Å². The molecule has 0 unspecified atom stereocenters. The van der Waals surface area contributed by atoms with Gasteiger partial charge in [-0.15, -0.1) is 0 Å². The van der Waals surface area contributed by atoms with Gasteiger partial charge in [0.25, 0.3) is 6.01 Å². The number of oxazole rings is 1. The number of anilines is 2. The van der Waals surface area contributed by atoms with Gasteiger partial charge in [-0.3, -0.25) is 0 Å². The third-order valence-corrected chi connectivity index (χ3v) is 3.35. The molecule has 1 aromatic heterocycles. The second-order valence-electron chi connectivity index (χ2n) is 5.56. The summed E-state index contributed by atoms with van der Waals surface area (Å²) in [6.07, 6.45) is 1.17. The normalized spacial score (nSPS) is 19.1. The number of hydrogen-bond acceptors (Lipinski definition) is 4. The van der Waals surface area contributed by atoms with E-state index in [-0.39, 0.29) is 0 Å². The Morgan fingerprint density at radius 1 is 1.41 bits per heavy atom. The van der Waals surface area contributed by atoms with E-state index in [1.807, 2.05) is 18.2 Å². The molecular weight excluding hydrogens is 214 g/mol. The number of rotatable bonds is 1. The summed E-state index contributed by atoms with van der Waals surface area (Å²) in [6.45, 7) is 6.55. The van der Waals surface area contributed by atoms with Crippen molar-refractivity contribution in [1.29, 1.82) is 0 Å². The van der Waals surface area contributed by atoms with E-state index in [4.69, 9.17) is 10.2 Å². The highest BCUT2D eigenvalue weighted by Crippen LogP contribution is 2.33. The molecule has 0 bridgehead atoms. The highest BCUT2D eigenvalue weighted by Gasteiger charge is 2.31. The first-order chi connectivity index (χ1) is 8.03. The van der Waals surface area contributed by atoms with Crippen LogP contribution in [0, 0.1) is 5.41 Å². The van der Waals surface area contributed by atoms with Crippen molar-refractivity contribution in [3.05, 3.63) is 18.2 Å². The van der Waals surface area contributed by atoms with Crippen LogP contribution in [-0.4, -0.2) is 18.1 Å². The van der Waals surface area contributed by atoms with Crippen LogP contribution >= 0.6 is 0 Å². The number of nitrogens with zero attached hydrogens (tertiary/aromatic N) is 2. The van der Waals surface area contributed by atoms with Crippen LogP contribution in [0.15, 0.2) is 22.6 Å². The molecule has 90 valence electrons. The zero-order valence-electron chi connectivity index (χ0n) is 10.2. The Bertz CT molecular complexity index is 559. The first kappa shape index (κ1) is 10.4. The van der Waals surface area contributed by atoms with Gasteiger partial charge in [-0.2, -0.15) is 4.98 Å². The average Bonchev–Trinajstić information content (AvgIpc) is 2.80. The molecule has 0 spiro atoms. The van der Waals surface area contributed by atoms with Crippen LogP contribution in [0.4, 0.5) is 11.7 Å². The molecule has 1 saturated heterocycles. The summed E-state index contributed by atoms with van der Waals surface area (Å²) in [5.41, 5.74) is 8.44. The van der Waals surface area contributed by atoms with E-state index in [0.717, 1.165) is 35.9 Å². The number of aromatic nitrogens is 1. The molecule has 0 aliphatic carbocycles. The molecule has 0 amide bonds. The zero-order chi connectivity index (χ0) is 12.0. The van der Waals surface area contributed by atoms with Crippen LogP contribution in [0.25, 0.3) is 11.1 Å². The fourth-order valence-corrected chi connectivity index (χ4v) is 2.34. The van der Waals surface area contributed by atoms with Gasteiger partial charge in [0, 0.05) is 18.8 Å². The molecule has 17 heavy (non-hydrogen) atoms. The van der Waals surface area contributed by atoms with Crippen molar-refractivity contribution in [2.45, 2.75) is 20.3 Å². The minimum absolute atomic E-state index is 0.347. The van der Waals surface area contributed by atoms with Gasteiger partial charge >= 0.3 is 0 Å². The SMILES string of the molecule is CC1(C)CCN(c2nc3cc(N)ccc3o2)C1. The third-order valence-electron chi connectivity index (χ3n) is 3.35. The Morgan fingerprint density at radius 2 is 2.24 bits per heavy atom. The fourth-order valence-electron chi connectivity index (χ4n) is 2.34. The molecule has 1 fully saturated rings. The minimum Gasteiger partial charge on any atom is -0.423 e. The monoisotopic (exact) mass is 231 g/mol. The fraction of sp³-hybridized carbons (Fsp3) is 0.462. The van der Waals surface area contributed by atoms with E-state index in [0.29, 0.717) is 5.41 Å². The zero-order valence-corrected chi connectivity index (χ0v) is 10.2.